The quantitative estimate of drug-likeness (QED) is 0.504. The molecule has 0 unspecified atom stereocenters. The Bertz CT molecular complexity index is 57.5. The van der Waals surface area contributed by atoms with Crippen molar-refractivity contribution in [1.82, 2.24) is 0 Å². The first-order chi connectivity index (χ1) is 3.93. The van der Waals surface area contributed by atoms with E-state index in [-0.39, 0.29) is 0 Å². The Balaban J connectivity index is 2.13. The maximum absolute atomic E-state index is 5.15. The SMILES string of the molecule is CO[C@@H]1CCCOC1. The van der Waals surface area contributed by atoms with Gasteiger partial charge >= 0.3 is 0 Å². The van der Waals surface area contributed by atoms with Crippen LogP contribution in [0.3, 0.4) is 0 Å². The molecule has 1 aliphatic rings. The molecule has 0 spiro atoms. The Labute approximate surface area is 49.8 Å². The molecule has 0 aromatic rings. The highest BCUT2D eigenvalue weighted by molar-refractivity contribution is 4.60. The van der Waals surface area contributed by atoms with Gasteiger partial charge in [0.1, 0.15) is 0 Å². The van der Waals surface area contributed by atoms with Crippen molar-refractivity contribution in [2.45, 2.75) is 18.9 Å². The molecule has 1 rings (SSSR count). The van der Waals surface area contributed by atoms with Crippen LogP contribution in [0.25, 0.3) is 0 Å². The maximum atomic E-state index is 5.15. The second kappa shape index (κ2) is 3.05. The predicted molar refractivity (Wildman–Crippen MR) is 30.8 cm³/mol. The van der Waals surface area contributed by atoms with Crippen LogP contribution in [0.2, 0.25) is 0 Å². The molecule has 0 bridgehead atoms. The van der Waals surface area contributed by atoms with Crippen molar-refractivity contribution in [3.63, 3.8) is 0 Å². The lowest BCUT2D eigenvalue weighted by atomic mass is 10.2. The van der Waals surface area contributed by atoms with Crippen LogP contribution >= 0.6 is 0 Å². The summed E-state index contributed by atoms with van der Waals surface area (Å²) >= 11 is 0. The molecule has 0 aromatic heterocycles. The Kier molecular flexibility index (Phi) is 2.30. The van der Waals surface area contributed by atoms with E-state index < -0.39 is 0 Å². The van der Waals surface area contributed by atoms with E-state index in [4.69, 9.17) is 9.47 Å². The molecule has 0 amide bonds. The Morgan fingerprint density at radius 3 is 2.88 bits per heavy atom. The first-order valence-corrected chi connectivity index (χ1v) is 3.04. The van der Waals surface area contributed by atoms with Crippen molar-refractivity contribution < 1.29 is 9.47 Å². The standard InChI is InChI=1S/C6H12O2/c1-7-6-3-2-4-8-5-6/h6H,2-5H2,1H3/t6-/m1/s1. The number of hydrogen-bond donors (Lipinski definition) is 0. The van der Waals surface area contributed by atoms with Crippen molar-refractivity contribution in [3.8, 4) is 0 Å². The van der Waals surface area contributed by atoms with Gasteiger partial charge in [0, 0.05) is 13.7 Å². The highest BCUT2D eigenvalue weighted by atomic mass is 16.5. The third-order valence-corrected chi connectivity index (χ3v) is 1.45. The molecule has 1 atom stereocenters. The number of rotatable bonds is 1. The number of hydrogen-bond acceptors (Lipinski definition) is 2. The Morgan fingerprint density at radius 2 is 2.50 bits per heavy atom. The van der Waals surface area contributed by atoms with Gasteiger partial charge in [0.2, 0.25) is 0 Å². The van der Waals surface area contributed by atoms with Gasteiger partial charge in [0.05, 0.1) is 12.7 Å². The fourth-order valence-electron chi connectivity index (χ4n) is 0.897. The van der Waals surface area contributed by atoms with E-state index in [0.717, 1.165) is 26.1 Å². The van der Waals surface area contributed by atoms with Crippen molar-refractivity contribution in [1.29, 1.82) is 0 Å². The zero-order chi connectivity index (χ0) is 5.82. The largest absolute Gasteiger partial charge is 0.379 e. The first kappa shape index (κ1) is 6.05. The van der Waals surface area contributed by atoms with Gasteiger partial charge in [-0.3, -0.25) is 0 Å². The minimum Gasteiger partial charge on any atom is -0.379 e. The van der Waals surface area contributed by atoms with Crippen LogP contribution < -0.4 is 0 Å². The third-order valence-electron chi connectivity index (χ3n) is 1.45. The molecular weight excluding hydrogens is 104 g/mol. The van der Waals surface area contributed by atoms with Gasteiger partial charge in [-0.05, 0) is 12.8 Å². The number of ether oxygens (including phenoxy) is 2. The summed E-state index contributed by atoms with van der Waals surface area (Å²) in [7, 11) is 1.74. The smallest absolute Gasteiger partial charge is 0.0805 e. The molecule has 0 N–H and O–H groups in total. The van der Waals surface area contributed by atoms with Gasteiger partial charge in [0.25, 0.3) is 0 Å². The van der Waals surface area contributed by atoms with Crippen molar-refractivity contribution in [2.24, 2.45) is 0 Å². The monoisotopic (exact) mass is 116 g/mol. The number of methoxy groups -OCH3 is 1. The summed E-state index contributed by atoms with van der Waals surface area (Å²) in [5.74, 6) is 0. The van der Waals surface area contributed by atoms with Gasteiger partial charge in [-0.25, -0.2) is 0 Å². The molecular formula is C6H12O2. The second-order valence-corrected chi connectivity index (χ2v) is 2.07. The molecule has 2 nitrogen and oxygen atoms in total. The van der Waals surface area contributed by atoms with Gasteiger partial charge in [-0.15, -0.1) is 0 Å². The van der Waals surface area contributed by atoms with E-state index in [1.54, 1.807) is 7.11 Å². The summed E-state index contributed by atoms with van der Waals surface area (Å²) in [6.45, 7) is 1.70. The van der Waals surface area contributed by atoms with Crippen molar-refractivity contribution >= 4 is 0 Å². The summed E-state index contributed by atoms with van der Waals surface area (Å²) in [5, 5.41) is 0. The van der Waals surface area contributed by atoms with Crippen LogP contribution in [0, 0.1) is 0 Å². The zero-order valence-corrected chi connectivity index (χ0v) is 5.22. The van der Waals surface area contributed by atoms with Crippen LogP contribution in [-0.4, -0.2) is 26.4 Å². The van der Waals surface area contributed by atoms with Crippen molar-refractivity contribution in [3.05, 3.63) is 0 Å². The van der Waals surface area contributed by atoms with E-state index in [1.807, 2.05) is 0 Å². The molecule has 0 saturated carbocycles. The van der Waals surface area contributed by atoms with Gasteiger partial charge in [0.15, 0.2) is 0 Å². The van der Waals surface area contributed by atoms with E-state index in [1.165, 1.54) is 0 Å². The molecule has 1 heterocycles. The van der Waals surface area contributed by atoms with Gasteiger partial charge in [-0.1, -0.05) is 0 Å². The average molecular weight is 116 g/mol. The fourth-order valence-corrected chi connectivity index (χ4v) is 0.897. The normalized spacial score (nSPS) is 30.4. The molecule has 1 aliphatic heterocycles. The lowest BCUT2D eigenvalue weighted by Gasteiger charge is -2.19. The topological polar surface area (TPSA) is 18.5 Å². The molecule has 1 saturated heterocycles. The lowest BCUT2D eigenvalue weighted by molar-refractivity contribution is -0.0291. The highest BCUT2D eigenvalue weighted by Gasteiger charge is 2.11. The van der Waals surface area contributed by atoms with Crippen LogP contribution in [-0.2, 0) is 9.47 Å². The van der Waals surface area contributed by atoms with E-state index >= 15 is 0 Å². The van der Waals surface area contributed by atoms with Gasteiger partial charge in [-0.2, -0.15) is 0 Å². The minimum absolute atomic E-state index is 0.365. The molecule has 8 heavy (non-hydrogen) atoms. The summed E-state index contributed by atoms with van der Waals surface area (Å²) in [6, 6.07) is 0. The highest BCUT2D eigenvalue weighted by Crippen LogP contribution is 2.07. The molecule has 2 heteroatoms. The maximum Gasteiger partial charge on any atom is 0.0805 e. The molecule has 48 valence electrons. The summed E-state index contributed by atoms with van der Waals surface area (Å²) in [4.78, 5) is 0. The van der Waals surface area contributed by atoms with Crippen molar-refractivity contribution in [2.75, 3.05) is 20.3 Å². The minimum atomic E-state index is 0.365. The molecule has 1 fully saturated rings. The van der Waals surface area contributed by atoms with Crippen LogP contribution in [0.4, 0.5) is 0 Å². The van der Waals surface area contributed by atoms with E-state index in [9.17, 15) is 0 Å². The predicted octanol–water partition coefficient (Wildman–Crippen LogP) is 0.812. The third kappa shape index (κ3) is 1.46. The fraction of sp³-hybridized carbons (Fsp3) is 1.00. The van der Waals surface area contributed by atoms with Crippen LogP contribution in [0.15, 0.2) is 0 Å². The molecule has 0 aromatic carbocycles. The lowest BCUT2D eigenvalue weighted by Crippen LogP contribution is -2.23. The first-order valence-electron chi connectivity index (χ1n) is 3.04. The van der Waals surface area contributed by atoms with Gasteiger partial charge < -0.3 is 9.47 Å². The average Bonchev–Trinajstić information content (AvgIpc) is 1.90. The van der Waals surface area contributed by atoms with E-state index in [0.29, 0.717) is 6.10 Å². The van der Waals surface area contributed by atoms with E-state index in [2.05, 4.69) is 0 Å². The Hall–Kier alpha value is -0.0800. The summed E-state index contributed by atoms with van der Waals surface area (Å²) in [6.07, 6.45) is 2.68. The zero-order valence-electron chi connectivity index (χ0n) is 5.22. The molecule has 0 radical (unpaired) electrons. The van der Waals surface area contributed by atoms with Crippen LogP contribution in [0.1, 0.15) is 12.8 Å². The summed E-state index contributed by atoms with van der Waals surface area (Å²) < 4.78 is 10.2. The van der Waals surface area contributed by atoms with Crippen LogP contribution in [0.5, 0.6) is 0 Å². The second-order valence-electron chi connectivity index (χ2n) is 2.07. The summed E-state index contributed by atoms with van der Waals surface area (Å²) in [5.41, 5.74) is 0. The molecule has 0 aliphatic carbocycles. The Morgan fingerprint density at radius 1 is 1.62 bits per heavy atom.